The van der Waals surface area contributed by atoms with Gasteiger partial charge in [-0.25, -0.2) is 0 Å². The number of likely N-dealkylation sites (N-methyl/N-ethyl adjacent to an activating group) is 1. The van der Waals surface area contributed by atoms with E-state index in [1.165, 1.54) is 0 Å². The van der Waals surface area contributed by atoms with Crippen LogP contribution in [0.4, 0.5) is 0 Å². The van der Waals surface area contributed by atoms with Crippen LogP contribution >= 0.6 is 0 Å². The third kappa shape index (κ3) is 5.90. The van der Waals surface area contributed by atoms with Crippen LogP contribution in [-0.4, -0.2) is 40.6 Å². The molecule has 0 aliphatic heterocycles. The van der Waals surface area contributed by atoms with Crippen molar-refractivity contribution >= 4 is 0 Å². The summed E-state index contributed by atoms with van der Waals surface area (Å²) in [6, 6.07) is 8.13. The fourth-order valence-electron chi connectivity index (χ4n) is 1.95. The zero-order valence-electron chi connectivity index (χ0n) is 12.9. The molecule has 1 aromatic carbocycles. The second-order valence-electron chi connectivity index (χ2n) is 4.62. The number of nitrogens with one attached hydrogen (secondary N) is 1. The van der Waals surface area contributed by atoms with E-state index in [0.29, 0.717) is 19.8 Å². The lowest BCUT2D eigenvalue weighted by atomic mass is 10.1. The van der Waals surface area contributed by atoms with Crippen molar-refractivity contribution in [3.05, 3.63) is 29.8 Å². The number of unbranched alkanes of at least 4 members (excludes halogenated alkanes) is 1. The first-order chi connectivity index (χ1) is 9.83. The van der Waals surface area contributed by atoms with Gasteiger partial charge in [-0.05, 0) is 19.5 Å². The SMILES string of the molecule is CCCCOCCOCC(NC)c1ccccc1OC. The van der Waals surface area contributed by atoms with Gasteiger partial charge in [0.05, 0.1) is 33.0 Å². The molecule has 1 unspecified atom stereocenters. The first-order valence-corrected chi connectivity index (χ1v) is 7.29. The first-order valence-electron chi connectivity index (χ1n) is 7.29. The van der Waals surface area contributed by atoms with Gasteiger partial charge in [-0.3, -0.25) is 0 Å². The molecular weight excluding hydrogens is 254 g/mol. The molecule has 0 spiro atoms. The van der Waals surface area contributed by atoms with Crippen molar-refractivity contribution in [3.63, 3.8) is 0 Å². The van der Waals surface area contributed by atoms with Crippen LogP contribution in [0, 0.1) is 0 Å². The van der Waals surface area contributed by atoms with Crippen molar-refractivity contribution in [3.8, 4) is 5.75 Å². The molecule has 1 rings (SSSR count). The maximum atomic E-state index is 5.68. The van der Waals surface area contributed by atoms with Gasteiger partial charge in [0.15, 0.2) is 0 Å². The average Bonchev–Trinajstić information content (AvgIpc) is 2.50. The summed E-state index contributed by atoms with van der Waals surface area (Å²) < 4.78 is 16.5. The van der Waals surface area contributed by atoms with Crippen LogP contribution in [0.3, 0.4) is 0 Å². The summed E-state index contributed by atoms with van der Waals surface area (Å²) >= 11 is 0. The Labute approximate surface area is 122 Å². The third-order valence-electron chi connectivity index (χ3n) is 3.16. The van der Waals surface area contributed by atoms with Gasteiger partial charge >= 0.3 is 0 Å². The van der Waals surface area contributed by atoms with Crippen LogP contribution in [0.1, 0.15) is 31.4 Å². The summed E-state index contributed by atoms with van der Waals surface area (Å²) in [5.41, 5.74) is 1.12. The molecule has 0 radical (unpaired) electrons. The van der Waals surface area contributed by atoms with Gasteiger partial charge in [-0.1, -0.05) is 31.5 Å². The number of methoxy groups -OCH3 is 1. The van der Waals surface area contributed by atoms with Crippen molar-refractivity contribution in [2.24, 2.45) is 0 Å². The van der Waals surface area contributed by atoms with Crippen LogP contribution in [0.5, 0.6) is 5.75 Å². The first kappa shape index (κ1) is 17.0. The minimum Gasteiger partial charge on any atom is -0.496 e. The molecule has 0 aliphatic carbocycles. The second kappa shape index (κ2) is 10.7. The Hall–Kier alpha value is -1.10. The molecule has 0 heterocycles. The minimum atomic E-state index is 0.127. The minimum absolute atomic E-state index is 0.127. The molecule has 1 N–H and O–H groups in total. The maximum Gasteiger partial charge on any atom is 0.123 e. The lowest BCUT2D eigenvalue weighted by Gasteiger charge is -2.19. The van der Waals surface area contributed by atoms with E-state index in [0.717, 1.165) is 30.8 Å². The van der Waals surface area contributed by atoms with Gasteiger partial charge in [0.1, 0.15) is 5.75 Å². The average molecular weight is 281 g/mol. The van der Waals surface area contributed by atoms with E-state index in [2.05, 4.69) is 18.3 Å². The Morgan fingerprint density at radius 3 is 2.55 bits per heavy atom. The zero-order chi connectivity index (χ0) is 14.6. The summed E-state index contributed by atoms with van der Waals surface area (Å²) in [5, 5.41) is 3.26. The number of rotatable bonds is 11. The van der Waals surface area contributed by atoms with Crippen molar-refractivity contribution in [1.82, 2.24) is 5.32 Å². The fraction of sp³-hybridized carbons (Fsp3) is 0.625. The standard InChI is InChI=1S/C16H27NO3/c1-4-5-10-19-11-12-20-13-15(17-2)14-8-6-7-9-16(14)18-3/h6-9,15,17H,4-5,10-13H2,1-3H3. The lowest BCUT2D eigenvalue weighted by molar-refractivity contribution is 0.0386. The van der Waals surface area contributed by atoms with Gasteiger partial charge < -0.3 is 19.5 Å². The Balaban J connectivity index is 2.32. The van der Waals surface area contributed by atoms with Crippen molar-refractivity contribution in [1.29, 1.82) is 0 Å². The monoisotopic (exact) mass is 281 g/mol. The van der Waals surface area contributed by atoms with Crippen molar-refractivity contribution in [2.75, 3.05) is 40.6 Å². The topological polar surface area (TPSA) is 39.7 Å². The van der Waals surface area contributed by atoms with E-state index >= 15 is 0 Å². The molecule has 1 atom stereocenters. The molecule has 0 saturated heterocycles. The third-order valence-corrected chi connectivity index (χ3v) is 3.16. The summed E-state index contributed by atoms with van der Waals surface area (Å²) in [6.45, 7) is 4.86. The Bertz CT molecular complexity index is 357. The normalized spacial score (nSPS) is 12.3. The molecule has 4 heteroatoms. The van der Waals surface area contributed by atoms with Gasteiger partial charge in [-0.15, -0.1) is 0 Å². The number of benzene rings is 1. The molecule has 0 amide bonds. The predicted octanol–water partition coefficient (Wildman–Crippen LogP) is 2.79. The maximum absolute atomic E-state index is 5.68. The Morgan fingerprint density at radius 1 is 1.10 bits per heavy atom. The highest BCUT2D eigenvalue weighted by Crippen LogP contribution is 2.24. The fourth-order valence-corrected chi connectivity index (χ4v) is 1.95. The van der Waals surface area contributed by atoms with Crippen molar-refractivity contribution in [2.45, 2.75) is 25.8 Å². The highest BCUT2D eigenvalue weighted by molar-refractivity contribution is 5.35. The van der Waals surface area contributed by atoms with Gasteiger partial charge in [0, 0.05) is 12.2 Å². The number of para-hydroxylation sites is 1. The highest BCUT2D eigenvalue weighted by atomic mass is 16.5. The summed E-state index contributed by atoms with van der Waals surface area (Å²) in [5.74, 6) is 0.884. The Kier molecular flexibility index (Phi) is 9.04. The largest absolute Gasteiger partial charge is 0.496 e. The van der Waals surface area contributed by atoms with Crippen LogP contribution < -0.4 is 10.1 Å². The molecular formula is C16H27NO3. The number of hydrogen-bond acceptors (Lipinski definition) is 4. The summed E-state index contributed by atoms with van der Waals surface area (Å²) in [4.78, 5) is 0. The van der Waals surface area contributed by atoms with E-state index in [-0.39, 0.29) is 6.04 Å². The highest BCUT2D eigenvalue weighted by Gasteiger charge is 2.13. The summed E-state index contributed by atoms with van der Waals surface area (Å²) in [6.07, 6.45) is 2.27. The summed E-state index contributed by atoms with van der Waals surface area (Å²) in [7, 11) is 3.62. The van der Waals surface area contributed by atoms with Crippen LogP contribution in [-0.2, 0) is 9.47 Å². The van der Waals surface area contributed by atoms with E-state index in [9.17, 15) is 0 Å². The van der Waals surface area contributed by atoms with Crippen molar-refractivity contribution < 1.29 is 14.2 Å². The zero-order valence-corrected chi connectivity index (χ0v) is 12.9. The van der Waals surface area contributed by atoms with Gasteiger partial charge in [0.2, 0.25) is 0 Å². The molecule has 20 heavy (non-hydrogen) atoms. The van der Waals surface area contributed by atoms with Crippen LogP contribution in [0.2, 0.25) is 0 Å². The predicted molar refractivity (Wildman–Crippen MR) is 81.3 cm³/mol. The van der Waals surface area contributed by atoms with Crippen LogP contribution in [0.25, 0.3) is 0 Å². The molecule has 0 saturated carbocycles. The molecule has 0 fully saturated rings. The molecule has 114 valence electrons. The molecule has 4 nitrogen and oxygen atoms in total. The van der Waals surface area contributed by atoms with Crippen LogP contribution in [0.15, 0.2) is 24.3 Å². The van der Waals surface area contributed by atoms with Gasteiger partial charge in [0.25, 0.3) is 0 Å². The number of hydrogen-bond donors (Lipinski definition) is 1. The second-order valence-corrected chi connectivity index (χ2v) is 4.62. The number of ether oxygens (including phenoxy) is 3. The quantitative estimate of drug-likeness (QED) is 0.633. The molecule has 1 aromatic rings. The van der Waals surface area contributed by atoms with E-state index in [1.54, 1.807) is 7.11 Å². The van der Waals surface area contributed by atoms with Gasteiger partial charge in [-0.2, -0.15) is 0 Å². The van der Waals surface area contributed by atoms with E-state index in [1.807, 2.05) is 25.2 Å². The lowest BCUT2D eigenvalue weighted by Crippen LogP contribution is -2.23. The molecule has 0 aliphatic rings. The Morgan fingerprint density at radius 2 is 1.85 bits per heavy atom. The molecule has 0 bridgehead atoms. The van der Waals surface area contributed by atoms with E-state index in [4.69, 9.17) is 14.2 Å². The molecule has 0 aromatic heterocycles. The van der Waals surface area contributed by atoms with E-state index < -0.39 is 0 Å². The smallest absolute Gasteiger partial charge is 0.123 e.